The first kappa shape index (κ1) is 15.1. The zero-order valence-electron chi connectivity index (χ0n) is 12.0. The van der Waals surface area contributed by atoms with Crippen LogP contribution in [0.5, 0.6) is 0 Å². The van der Waals surface area contributed by atoms with Crippen LogP contribution in [-0.4, -0.2) is 23.7 Å². The van der Waals surface area contributed by atoms with E-state index in [2.05, 4.69) is 5.32 Å². The second-order valence-corrected chi connectivity index (χ2v) is 5.06. The number of carbonyl (C=O) groups is 1. The number of amides is 1. The molecule has 0 aliphatic carbocycles. The maximum Gasteiger partial charge on any atom is 0.251 e. The molecule has 0 aromatic heterocycles. The minimum Gasteiger partial charge on any atom is -0.398 e. The summed E-state index contributed by atoms with van der Waals surface area (Å²) in [7, 11) is 0. The van der Waals surface area contributed by atoms with E-state index in [1.54, 1.807) is 18.2 Å². The molecule has 0 heterocycles. The second-order valence-electron chi connectivity index (χ2n) is 5.06. The van der Waals surface area contributed by atoms with Crippen LogP contribution in [0.4, 0.5) is 5.69 Å². The van der Waals surface area contributed by atoms with Gasteiger partial charge in [-0.15, -0.1) is 0 Å². The number of nitrogens with two attached hydrogens (primary N) is 1. The van der Waals surface area contributed by atoms with Crippen LogP contribution in [0.3, 0.4) is 0 Å². The number of aliphatic hydroxyl groups is 1. The first-order valence-electron chi connectivity index (χ1n) is 6.92. The summed E-state index contributed by atoms with van der Waals surface area (Å²) in [4.78, 5) is 12.3. The smallest absolute Gasteiger partial charge is 0.251 e. The molecule has 2 aromatic carbocycles. The number of nitrogens with one attached hydrogen (secondary N) is 1. The van der Waals surface area contributed by atoms with Crippen LogP contribution in [0.2, 0.25) is 0 Å². The fourth-order valence-corrected chi connectivity index (χ4v) is 2.22. The minimum atomic E-state index is -0.319. The molecule has 1 amide bonds. The number of hydrogen-bond acceptors (Lipinski definition) is 3. The standard InChI is InChI=1S/C17H20N2O2/c1-12-15(8-5-9-16(12)18)17(21)19-14(11-20)10-13-6-3-2-4-7-13/h2-9,14,20H,10-11,18H2,1H3,(H,19,21)/t14-/m1/s1. The summed E-state index contributed by atoms with van der Waals surface area (Å²) in [6, 6.07) is 14.7. The van der Waals surface area contributed by atoms with Gasteiger partial charge in [0.2, 0.25) is 0 Å². The number of aliphatic hydroxyl groups excluding tert-OH is 1. The number of rotatable bonds is 5. The van der Waals surface area contributed by atoms with E-state index in [4.69, 9.17) is 5.73 Å². The number of nitrogen functional groups attached to an aromatic ring is 1. The van der Waals surface area contributed by atoms with Crippen molar-refractivity contribution in [2.24, 2.45) is 0 Å². The van der Waals surface area contributed by atoms with Crippen LogP contribution in [0, 0.1) is 6.92 Å². The molecule has 0 bridgehead atoms. The van der Waals surface area contributed by atoms with Crippen LogP contribution in [0.1, 0.15) is 21.5 Å². The van der Waals surface area contributed by atoms with Crippen molar-refractivity contribution in [3.63, 3.8) is 0 Å². The molecule has 4 heteroatoms. The van der Waals surface area contributed by atoms with Crippen LogP contribution < -0.4 is 11.1 Å². The molecule has 0 saturated heterocycles. The van der Waals surface area contributed by atoms with Crippen molar-refractivity contribution in [2.45, 2.75) is 19.4 Å². The Morgan fingerprint density at radius 3 is 2.57 bits per heavy atom. The molecule has 110 valence electrons. The summed E-state index contributed by atoms with van der Waals surface area (Å²) in [6.07, 6.45) is 0.588. The first-order valence-corrected chi connectivity index (χ1v) is 6.92. The molecule has 21 heavy (non-hydrogen) atoms. The van der Waals surface area contributed by atoms with E-state index in [1.165, 1.54) is 0 Å². The highest BCUT2D eigenvalue weighted by Crippen LogP contribution is 2.15. The minimum absolute atomic E-state index is 0.109. The average molecular weight is 284 g/mol. The largest absolute Gasteiger partial charge is 0.398 e. The Morgan fingerprint density at radius 2 is 1.90 bits per heavy atom. The third kappa shape index (κ3) is 3.83. The van der Waals surface area contributed by atoms with Crippen molar-refractivity contribution < 1.29 is 9.90 Å². The summed E-state index contributed by atoms with van der Waals surface area (Å²) in [5.41, 5.74) is 8.77. The fraction of sp³-hybridized carbons (Fsp3) is 0.235. The summed E-state index contributed by atoms with van der Waals surface area (Å²) in [6.45, 7) is 1.71. The van der Waals surface area contributed by atoms with Gasteiger partial charge in [0.15, 0.2) is 0 Å². The van der Waals surface area contributed by atoms with Crippen molar-refractivity contribution in [3.8, 4) is 0 Å². The quantitative estimate of drug-likeness (QED) is 0.734. The number of benzene rings is 2. The van der Waals surface area contributed by atoms with E-state index in [9.17, 15) is 9.90 Å². The van der Waals surface area contributed by atoms with Gasteiger partial charge in [0, 0.05) is 11.3 Å². The molecule has 0 saturated carbocycles. The molecule has 4 N–H and O–H groups in total. The van der Waals surface area contributed by atoms with E-state index in [-0.39, 0.29) is 18.6 Å². The summed E-state index contributed by atoms with van der Waals surface area (Å²) in [5.74, 6) is -0.213. The Labute approximate surface area is 124 Å². The van der Waals surface area contributed by atoms with Crippen molar-refractivity contribution in [1.82, 2.24) is 5.32 Å². The van der Waals surface area contributed by atoms with Crippen molar-refractivity contribution in [1.29, 1.82) is 0 Å². The highest BCUT2D eigenvalue weighted by Gasteiger charge is 2.15. The normalized spacial score (nSPS) is 11.9. The van der Waals surface area contributed by atoms with Gasteiger partial charge in [0.05, 0.1) is 12.6 Å². The lowest BCUT2D eigenvalue weighted by atomic mass is 10.0. The van der Waals surface area contributed by atoms with E-state index >= 15 is 0 Å². The topological polar surface area (TPSA) is 75.4 Å². The van der Waals surface area contributed by atoms with Gasteiger partial charge in [0.1, 0.15) is 0 Å². The van der Waals surface area contributed by atoms with E-state index < -0.39 is 0 Å². The van der Waals surface area contributed by atoms with Crippen LogP contribution in [0.15, 0.2) is 48.5 Å². The Morgan fingerprint density at radius 1 is 1.19 bits per heavy atom. The molecule has 0 radical (unpaired) electrons. The maximum atomic E-state index is 12.3. The number of hydrogen-bond donors (Lipinski definition) is 3. The van der Waals surface area contributed by atoms with Crippen LogP contribution in [0.25, 0.3) is 0 Å². The van der Waals surface area contributed by atoms with Gasteiger partial charge in [-0.1, -0.05) is 36.4 Å². The molecule has 0 unspecified atom stereocenters. The highest BCUT2D eigenvalue weighted by atomic mass is 16.3. The Kier molecular flexibility index (Phi) is 4.95. The van der Waals surface area contributed by atoms with Gasteiger partial charge in [-0.2, -0.15) is 0 Å². The summed E-state index contributed by atoms with van der Waals surface area (Å²) < 4.78 is 0. The van der Waals surface area contributed by atoms with Gasteiger partial charge < -0.3 is 16.2 Å². The lowest BCUT2D eigenvalue weighted by Gasteiger charge is -2.17. The Bertz CT molecular complexity index is 611. The average Bonchev–Trinajstić information content (AvgIpc) is 2.50. The third-order valence-electron chi connectivity index (χ3n) is 3.50. The summed E-state index contributed by atoms with van der Waals surface area (Å²) in [5, 5.41) is 12.3. The molecular formula is C17H20N2O2. The highest BCUT2D eigenvalue weighted by molar-refractivity contribution is 5.97. The zero-order valence-corrected chi connectivity index (χ0v) is 12.0. The molecule has 2 rings (SSSR count). The lowest BCUT2D eigenvalue weighted by Crippen LogP contribution is -2.39. The van der Waals surface area contributed by atoms with Crippen molar-refractivity contribution in [3.05, 3.63) is 65.2 Å². The molecule has 1 atom stereocenters. The van der Waals surface area contributed by atoms with Crippen molar-refractivity contribution >= 4 is 11.6 Å². The maximum absolute atomic E-state index is 12.3. The second kappa shape index (κ2) is 6.90. The van der Waals surface area contributed by atoms with E-state index in [0.29, 0.717) is 17.7 Å². The zero-order chi connectivity index (χ0) is 15.2. The third-order valence-corrected chi connectivity index (χ3v) is 3.50. The molecular weight excluding hydrogens is 264 g/mol. The molecule has 4 nitrogen and oxygen atoms in total. The number of carbonyl (C=O) groups excluding carboxylic acids is 1. The van der Waals surface area contributed by atoms with Crippen LogP contribution >= 0.6 is 0 Å². The first-order chi connectivity index (χ1) is 10.1. The van der Waals surface area contributed by atoms with E-state index in [1.807, 2.05) is 37.3 Å². The Balaban J connectivity index is 2.08. The lowest BCUT2D eigenvalue weighted by molar-refractivity contribution is 0.0916. The van der Waals surface area contributed by atoms with Gasteiger partial charge in [-0.3, -0.25) is 4.79 Å². The molecule has 0 aliphatic rings. The van der Waals surface area contributed by atoms with Gasteiger partial charge >= 0.3 is 0 Å². The molecule has 0 aliphatic heterocycles. The molecule has 0 spiro atoms. The van der Waals surface area contributed by atoms with Gasteiger partial charge in [-0.05, 0) is 36.6 Å². The van der Waals surface area contributed by atoms with E-state index in [0.717, 1.165) is 11.1 Å². The SMILES string of the molecule is Cc1c(N)cccc1C(=O)N[C@@H](CO)Cc1ccccc1. The molecule has 2 aromatic rings. The number of anilines is 1. The predicted molar refractivity (Wildman–Crippen MR) is 84.1 cm³/mol. The predicted octanol–water partition coefficient (Wildman–Crippen LogP) is 1.91. The molecule has 0 fully saturated rings. The van der Waals surface area contributed by atoms with Crippen molar-refractivity contribution in [2.75, 3.05) is 12.3 Å². The van der Waals surface area contributed by atoms with Crippen LogP contribution in [-0.2, 0) is 6.42 Å². The monoisotopic (exact) mass is 284 g/mol. The Hall–Kier alpha value is -2.33. The summed E-state index contributed by atoms with van der Waals surface area (Å²) >= 11 is 0. The van der Waals surface area contributed by atoms with Gasteiger partial charge in [-0.25, -0.2) is 0 Å². The fourth-order valence-electron chi connectivity index (χ4n) is 2.22. The van der Waals surface area contributed by atoms with Gasteiger partial charge in [0.25, 0.3) is 5.91 Å².